The van der Waals surface area contributed by atoms with Crippen molar-refractivity contribution in [3.05, 3.63) is 67.9 Å². The first-order valence-corrected chi connectivity index (χ1v) is 7.41. The second-order valence-corrected chi connectivity index (χ2v) is 6.07. The van der Waals surface area contributed by atoms with Gasteiger partial charge in [-0.05, 0) is 29.3 Å². The summed E-state index contributed by atoms with van der Waals surface area (Å²) in [6.45, 7) is 0. The molecule has 0 aliphatic carbocycles. The van der Waals surface area contributed by atoms with E-state index in [0.717, 1.165) is 10.0 Å². The predicted molar refractivity (Wildman–Crippen MR) is 83.0 cm³/mol. The maximum Gasteiger partial charge on any atom is 0.145 e. The molecule has 5 heteroatoms. The highest BCUT2D eigenvalue weighted by Crippen LogP contribution is 2.23. The molecule has 0 spiro atoms. The van der Waals surface area contributed by atoms with Crippen molar-refractivity contribution in [2.45, 2.75) is 12.8 Å². The minimum Gasteiger partial charge on any atom is -0.299 e. The molecule has 104 valence electrons. The Hall–Kier alpha value is -0.900. The Morgan fingerprint density at radius 1 is 1.05 bits per heavy atom. The van der Waals surface area contributed by atoms with Crippen LogP contribution in [0.4, 0.5) is 4.39 Å². The molecule has 0 radical (unpaired) electrons. The van der Waals surface area contributed by atoms with Crippen molar-refractivity contribution in [1.82, 2.24) is 0 Å². The second-order valence-electron chi connectivity index (χ2n) is 4.34. The van der Waals surface area contributed by atoms with Gasteiger partial charge in [0.1, 0.15) is 11.6 Å². The highest BCUT2D eigenvalue weighted by atomic mass is 79.9. The van der Waals surface area contributed by atoms with Gasteiger partial charge in [0, 0.05) is 22.3 Å². The van der Waals surface area contributed by atoms with E-state index < -0.39 is 5.82 Å². The van der Waals surface area contributed by atoms with E-state index in [2.05, 4.69) is 15.9 Å². The number of ketones is 1. The van der Waals surface area contributed by atoms with Gasteiger partial charge in [-0.15, -0.1) is 0 Å². The third-order valence-electron chi connectivity index (χ3n) is 2.82. The minimum absolute atomic E-state index is 0.00120. The van der Waals surface area contributed by atoms with E-state index in [1.807, 2.05) is 6.07 Å². The monoisotopic (exact) mass is 374 g/mol. The molecule has 0 aromatic heterocycles. The van der Waals surface area contributed by atoms with Gasteiger partial charge in [0.2, 0.25) is 0 Å². The van der Waals surface area contributed by atoms with Crippen LogP contribution in [0, 0.1) is 5.82 Å². The van der Waals surface area contributed by atoms with Crippen LogP contribution in [0.5, 0.6) is 0 Å². The molecule has 2 rings (SSSR count). The molecule has 0 aliphatic heterocycles. The number of Topliss-reactive ketones (excluding diaryl/α,β-unsaturated/α-hetero) is 1. The van der Waals surface area contributed by atoms with Crippen LogP contribution in [-0.4, -0.2) is 5.78 Å². The fourth-order valence-corrected chi connectivity index (χ4v) is 2.77. The van der Waals surface area contributed by atoms with Crippen molar-refractivity contribution < 1.29 is 9.18 Å². The number of rotatable bonds is 4. The van der Waals surface area contributed by atoms with Crippen molar-refractivity contribution in [3.63, 3.8) is 0 Å². The van der Waals surface area contributed by atoms with Gasteiger partial charge in [-0.25, -0.2) is 4.39 Å². The van der Waals surface area contributed by atoms with Crippen molar-refractivity contribution in [3.8, 4) is 0 Å². The number of halogens is 4. The van der Waals surface area contributed by atoms with E-state index >= 15 is 0 Å². The first-order chi connectivity index (χ1) is 9.47. The smallest absolute Gasteiger partial charge is 0.145 e. The summed E-state index contributed by atoms with van der Waals surface area (Å²) < 4.78 is 14.6. The number of hydrogen-bond acceptors (Lipinski definition) is 1. The molecule has 2 aromatic rings. The topological polar surface area (TPSA) is 17.1 Å². The molecule has 0 aliphatic rings. The number of carbonyl (C=O) groups is 1. The number of hydrogen-bond donors (Lipinski definition) is 0. The molecule has 0 fully saturated rings. The third-order valence-corrected chi connectivity index (χ3v) is 3.96. The fourth-order valence-electron chi connectivity index (χ4n) is 1.84. The Balaban J connectivity index is 2.11. The molecule has 2 aromatic carbocycles. The van der Waals surface area contributed by atoms with Gasteiger partial charge in [0.05, 0.1) is 5.02 Å². The molecule has 0 N–H and O–H groups in total. The highest BCUT2D eigenvalue weighted by Gasteiger charge is 2.12. The van der Waals surface area contributed by atoms with Crippen molar-refractivity contribution >= 4 is 44.9 Å². The summed E-state index contributed by atoms with van der Waals surface area (Å²) in [4.78, 5) is 12.0. The molecule has 1 nitrogen and oxygen atoms in total. The summed E-state index contributed by atoms with van der Waals surface area (Å²) in [5, 5.41) is 0.538. The number of benzene rings is 2. The van der Waals surface area contributed by atoms with Crippen molar-refractivity contribution in [1.29, 1.82) is 0 Å². The van der Waals surface area contributed by atoms with Crippen LogP contribution in [0.15, 0.2) is 40.9 Å². The Labute approximate surface area is 134 Å². The lowest BCUT2D eigenvalue weighted by Crippen LogP contribution is -2.08. The molecule has 0 heterocycles. The van der Waals surface area contributed by atoms with Gasteiger partial charge in [-0.1, -0.05) is 57.3 Å². The van der Waals surface area contributed by atoms with Crippen LogP contribution in [0.3, 0.4) is 0 Å². The molecule has 20 heavy (non-hydrogen) atoms. The van der Waals surface area contributed by atoms with E-state index in [1.165, 1.54) is 6.07 Å². The summed E-state index contributed by atoms with van der Waals surface area (Å²) in [5.74, 6) is -0.653. The molecule has 0 amide bonds. The molecule has 0 saturated heterocycles. The average Bonchev–Trinajstić information content (AvgIpc) is 2.38. The SMILES string of the molecule is O=C(Cc1ccc(Br)cc1Cl)Cc1cccc(Cl)c1F. The summed E-state index contributed by atoms with van der Waals surface area (Å²) in [6.07, 6.45) is 0.164. The maximum absolute atomic E-state index is 13.7. The van der Waals surface area contributed by atoms with Crippen LogP contribution in [0.1, 0.15) is 11.1 Å². The minimum atomic E-state index is -0.538. The Kier molecular flexibility index (Phi) is 5.19. The summed E-state index contributed by atoms with van der Waals surface area (Å²) >= 11 is 15.0. The van der Waals surface area contributed by atoms with E-state index in [4.69, 9.17) is 23.2 Å². The average molecular weight is 376 g/mol. The third kappa shape index (κ3) is 3.81. The van der Waals surface area contributed by atoms with E-state index in [0.29, 0.717) is 10.6 Å². The summed E-state index contributed by atoms with van der Waals surface area (Å²) in [7, 11) is 0. The fraction of sp³-hybridized carbons (Fsp3) is 0.133. The van der Waals surface area contributed by atoms with Crippen molar-refractivity contribution in [2.24, 2.45) is 0 Å². The lowest BCUT2D eigenvalue weighted by atomic mass is 10.0. The molecular weight excluding hydrogens is 366 g/mol. The predicted octanol–water partition coefficient (Wildman–Crippen LogP) is 5.25. The van der Waals surface area contributed by atoms with Gasteiger partial charge in [0.15, 0.2) is 0 Å². The maximum atomic E-state index is 13.7. The first-order valence-electron chi connectivity index (χ1n) is 5.86. The molecule has 0 saturated carbocycles. The van der Waals surface area contributed by atoms with Crippen LogP contribution in [0.25, 0.3) is 0 Å². The normalized spacial score (nSPS) is 10.6. The standard InChI is InChI=1S/C15H10BrCl2FO/c16-11-5-4-9(14(18)8-11)6-12(20)7-10-2-1-3-13(17)15(10)19/h1-5,8H,6-7H2. The zero-order chi connectivity index (χ0) is 14.7. The van der Waals surface area contributed by atoms with Gasteiger partial charge in [-0.3, -0.25) is 4.79 Å². The Morgan fingerprint density at radius 2 is 1.75 bits per heavy atom. The first kappa shape index (κ1) is 15.5. The lowest BCUT2D eigenvalue weighted by Gasteiger charge is -2.06. The molecule has 0 bridgehead atoms. The van der Waals surface area contributed by atoms with Gasteiger partial charge < -0.3 is 0 Å². The lowest BCUT2D eigenvalue weighted by molar-refractivity contribution is -0.117. The van der Waals surface area contributed by atoms with Gasteiger partial charge >= 0.3 is 0 Å². The van der Waals surface area contributed by atoms with Gasteiger partial charge in [0.25, 0.3) is 0 Å². The molecular formula is C15H10BrCl2FO. The van der Waals surface area contributed by atoms with Crippen LogP contribution < -0.4 is 0 Å². The number of carbonyl (C=O) groups excluding carboxylic acids is 1. The van der Waals surface area contributed by atoms with E-state index in [9.17, 15) is 9.18 Å². The molecule has 0 unspecified atom stereocenters. The summed E-state index contributed by atoms with van der Waals surface area (Å²) in [5.41, 5.74) is 1.03. The Bertz CT molecular complexity index is 658. The zero-order valence-electron chi connectivity index (χ0n) is 10.3. The van der Waals surface area contributed by atoms with Crippen molar-refractivity contribution in [2.75, 3.05) is 0 Å². The Morgan fingerprint density at radius 3 is 2.45 bits per heavy atom. The largest absolute Gasteiger partial charge is 0.299 e. The van der Waals surface area contributed by atoms with Gasteiger partial charge in [-0.2, -0.15) is 0 Å². The zero-order valence-corrected chi connectivity index (χ0v) is 13.4. The second kappa shape index (κ2) is 6.70. The van der Waals surface area contributed by atoms with Crippen LogP contribution in [0.2, 0.25) is 10.0 Å². The van der Waals surface area contributed by atoms with Crippen LogP contribution in [-0.2, 0) is 17.6 Å². The van der Waals surface area contributed by atoms with Crippen LogP contribution >= 0.6 is 39.1 Å². The highest BCUT2D eigenvalue weighted by molar-refractivity contribution is 9.10. The van der Waals surface area contributed by atoms with E-state index in [-0.39, 0.29) is 23.6 Å². The summed E-state index contributed by atoms with van der Waals surface area (Å²) in [6, 6.07) is 9.95. The van der Waals surface area contributed by atoms with E-state index in [1.54, 1.807) is 24.3 Å². The molecule has 0 atom stereocenters. The quantitative estimate of drug-likeness (QED) is 0.713.